The third kappa shape index (κ3) is 7.43. The highest BCUT2D eigenvalue weighted by Gasteiger charge is 2.35. The van der Waals surface area contributed by atoms with Crippen molar-refractivity contribution in [3.63, 3.8) is 0 Å². The second kappa shape index (κ2) is 12.9. The fraction of sp³-hybridized carbons (Fsp3) is 0.355. The lowest BCUT2D eigenvalue weighted by Gasteiger charge is -2.35. The molecule has 0 aliphatic rings. The first-order valence-electron chi connectivity index (χ1n) is 13.2. The predicted molar refractivity (Wildman–Crippen MR) is 161 cm³/mol. The van der Waals surface area contributed by atoms with Crippen molar-refractivity contribution in [3.05, 3.63) is 94.5 Å². The number of rotatable bonds is 10. The van der Waals surface area contributed by atoms with Crippen LogP contribution in [-0.2, 0) is 26.2 Å². The molecule has 1 atom stereocenters. The molecule has 0 aliphatic heterocycles. The summed E-state index contributed by atoms with van der Waals surface area (Å²) in [6.07, 6.45) is 0.348. The van der Waals surface area contributed by atoms with E-state index in [1.807, 2.05) is 58.9 Å². The number of carbonyl (C=O) groups is 2. The maximum absolute atomic E-state index is 14.2. The molecule has 9 heteroatoms. The molecule has 0 bridgehead atoms. The van der Waals surface area contributed by atoms with Gasteiger partial charge in [0.15, 0.2) is 0 Å². The average molecular weight is 584 g/mol. The summed E-state index contributed by atoms with van der Waals surface area (Å²) in [4.78, 5) is 29.2. The lowest BCUT2D eigenvalue weighted by Crippen LogP contribution is -2.55. The van der Waals surface area contributed by atoms with E-state index >= 15 is 0 Å². The maximum atomic E-state index is 14.2. The summed E-state index contributed by atoms with van der Waals surface area (Å²) in [6.45, 7) is 10.8. The van der Waals surface area contributed by atoms with Gasteiger partial charge in [0.2, 0.25) is 11.8 Å². The van der Waals surface area contributed by atoms with Crippen LogP contribution in [0.25, 0.3) is 0 Å². The van der Waals surface area contributed by atoms with Crippen molar-refractivity contribution >= 4 is 39.1 Å². The highest BCUT2D eigenvalue weighted by molar-refractivity contribution is 7.92. The fourth-order valence-corrected chi connectivity index (χ4v) is 6.10. The summed E-state index contributed by atoms with van der Waals surface area (Å²) < 4.78 is 29.0. The molecule has 214 valence electrons. The number of halogens is 1. The summed E-state index contributed by atoms with van der Waals surface area (Å²) in [6, 6.07) is 19.7. The number of hydrogen-bond donors (Lipinski definition) is 1. The Morgan fingerprint density at radius 2 is 1.55 bits per heavy atom. The van der Waals surface area contributed by atoms with Crippen LogP contribution in [0.3, 0.4) is 0 Å². The van der Waals surface area contributed by atoms with Crippen LogP contribution >= 0.6 is 11.6 Å². The zero-order valence-electron chi connectivity index (χ0n) is 23.9. The zero-order chi connectivity index (χ0) is 29.7. The van der Waals surface area contributed by atoms with Gasteiger partial charge in [-0.3, -0.25) is 13.9 Å². The third-order valence-corrected chi connectivity index (χ3v) is 8.79. The standard InChI is InChI=1S/C31H38ClN3O4S/c1-7-27(30(37)33-31(4,5)6)34(20-24-15-12-11-14-22(24)2)29(36)21-35(28-19-13-18-26(32)23(28)3)40(38,39)25-16-9-8-10-17-25/h8-19,27H,7,20-21H2,1-6H3,(H,33,37)/t27-/m1/s1. The molecule has 3 rings (SSSR count). The highest BCUT2D eigenvalue weighted by atomic mass is 35.5. The molecule has 0 aromatic heterocycles. The van der Waals surface area contributed by atoms with E-state index in [0.29, 0.717) is 22.7 Å². The topological polar surface area (TPSA) is 86.8 Å². The first kappa shape index (κ1) is 31.2. The zero-order valence-corrected chi connectivity index (χ0v) is 25.5. The van der Waals surface area contributed by atoms with Crippen LogP contribution < -0.4 is 9.62 Å². The van der Waals surface area contributed by atoms with Crippen molar-refractivity contribution in [1.29, 1.82) is 0 Å². The van der Waals surface area contributed by atoms with E-state index in [-0.39, 0.29) is 17.3 Å². The van der Waals surface area contributed by atoms with E-state index in [1.165, 1.54) is 17.0 Å². The van der Waals surface area contributed by atoms with E-state index in [4.69, 9.17) is 11.6 Å². The summed E-state index contributed by atoms with van der Waals surface area (Å²) in [7, 11) is -4.16. The molecular weight excluding hydrogens is 546 g/mol. The average Bonchev–Trinajstić information content (AvgIpc) is 2.89. The minimum absolute atomic E-state index is 0.0464. The van der Waals surface area contributed by atoms with Crippen molar-refractivity contribution in [2.24, 2.45) is 0 Å². The van der Waals surface area contributed by atoms with Crippen LogP contribution in [0.2, 0.25) is 5.02 Å². The van der Waals surface area contributed by atoms with Crippen molar-refractivity contribution in [3.8, 4) is 0 Å². The molecule has 0 aliphatic carbocycles. The molecule has 0 spiro atoms. The molecule has 3 aromatic rings. The van der Waals surface area contributed by atoms with Crippen molar-refractivity contribution in [1.82, 2.24) is 10.2 Å². The second-order valence-electron chi connectivity index (χ2n) is 10.8. The Labute approximate surface area is 243 Å². The number of carbonyl (C=O) groups excluding carboxylic acids is 2. The van der Waals surface area contributed by atoms with Crippen LogP contribution in [0.1, 0.15) is 50.8 Å². The van der Waals surface area contributed by atoms with E-state index in [1.54, 1.807) is 43.3 Å². The number of nitrogens with zero attached hydrogens (tertiary/aromatic N) is 2. The molecule has 0 radical (unpaired) electrons. The van der Waals surface area contributed by atoms with E-state index in [2.05, 4.69) is 5.32 Å². The van der Waals surface area contributed by atoms with Gasteiger partial charge in [0, 0.05) is 17.1 Å². The summed E-state index contributed by atoms with van der Waals surface area (Å²) in [5.41, 5.74) is 2.15. The van der Waals surface area contributed by atoms with Crippen molar-refractivity contribution < 1.29 is 18.0 Å². The number of sulfonamides is 1. The fourth-order valence-electron chi connectivity index (χ4n) is 4.44. The van der Waals surface area contributed by atoms with Gasteiger partial charge >= 0.3 is 0 Å². The molecule has 3 aromatic carbocycles. The van der Waals surface area contributed by atoms with Gasteiger partial charge in [-0.15, -0.1) is 0 Å². The monoisotopic (exact) mass is 583 g/mol. The highest BCUT2D eigenvalue weighted by Crippen LogP contribution is 2.31. The largest absolute Gasteiger partial charge is 0.350 e. The number of nitrogens with one attached hydrogen (secondary N) is 1. The maximum Gasteiger partial charge on any atom is 0.264 e. The van der Waals surface area contributed by atoms with Gasteiger partial charge in [0.1, 0.15) is 12.6 Å². The number of amides is 2. The van der Waals surface area contributed by atoms with E-state index < -0.39 is 34.1 Å². The number of benzene rings is 3. The lowest BCUT2D eigenvalue weighted by atomic mass is 10.0. The Morgan fingerprint density at radius 1 is 0.925 bits per heavy atom. The number of hydrogen-bond acceptors (Lipinski definition) is 4. The third-order valence-electron chi connectivity index (χ3n) is 6.60. The van der Waals surface area contributed by atoms with Gasteiger partial charge in [-0.1, -0.05) is 67.1 Å². The van der Waals surface area contributed by atoms with E-state index in [9.17, 15) is 18.0 Å². The molecule has 0 saturated heterocycles. The van der Waals surface area contributed by atoms with Gasteiger partial charge < -0.3 is 10.2 Å². The van der Waals surface area contributed by atoms with Crippen LogP contribution in [0.4, 0.5) is 5.69 Å². The van der Waals surface area contributed by atoms with Crippen molar-refractivity contribution in [2.45, 2.75) is 71.0 Å². The summed E-state index contributed by atoms with van der Waals surface area (Å²) >= 11 is 6.38. The molecule has 2 amide bonds. The SMILES string of the molecule is CC[C@H](C(=O)NC(C)(C)C)N(Cc1ccccc1C)C(=O)CN(c1cccc(Cl)c1C)S(=O)(=O)c1ccccc1. The Hall–Kier alpha value is -3.36. The molecule has 0 fully saturated rings. The molecule has 0 saturated carbocycles. The number of anilines is 1. The Morgan fingerprint density at radius 3 is 2.15 bits per heavy atom. The van der Waals surface area contributed by atoms with Gasteiger partial charge in [0.25, 0.3) is 10.0 Å². The molecule has 1 N–H and O–H groups in total. The molecule has 7 nitrogen and oxygen atoms in total. The lowest BCUT2D eigenvalue weighted by molar-refractivity contribution is -0.141. The van der Waals surface area contributed by atoms with Crippen LogP contribution in [-0.4, -0.2) is 43.3 Å². The van der Waals surface area contributed by atoms with Crippen LogP contribution in [0.15, 0.2) is 77.7 Å². The van der Waals surface area contributed by atoms with Gasteiger partial charge in [-0.05, 0) is 82.0 Å². The summed E-state index contributed by atoms with van der Waals surface area (Å²) in [5.74, 6) is -0.800. The molecule has 0 heterocycles. The Balaban J connectivity index is 2.12. The van der Waals surface area contributed by atoms with E-state index in [0.717, 1.165) is 15.4 Å². The normalized spacial score (nSPS) is 12.5. The Kier molecular flexibility index (Phi) is 10.0. The smallest absolute Gasteiger partial charge is 0.264 e. The predicted octanol–water partition coefficient (Wildman–Crippen LogP) is 5.87. The first-order chi connectivity index (χ1) is 18.8. The van der Waals surface area contributed by atoms with Crippen LogP contribution in [0, 0.1) is 13.8 Å². The van der Waals surface area contributed by atoms with Gasteiger partial charge in [-0.25, -0.2) is 8.42 Å². The second-order valence-corrected chi connectivity index (χ2v) is 13.1. The minimum atomic E-state index is -4.16. The van der Waals surface area contributed by atoms with Gasteiger partial charge in [-0.2, -0.15) is 0 Å². The molecule has 40 heavy (non-hydrogen) atoms. The van der Waals surface area contributed by atoms with Crippen LogP contribution in [0.5, 0.6) is 0 Å². The minimum Gasteiger partial charge on any atom is -0.350 e. The Bertz CT molecular complexity index is 1450. The first-order valence-corrected chi connectivity index (χ1v) is 15.1. The number of aryl methyl sites for hydroxylation is 1. The quantitative estimate of drug-likeness (QED) is 0.323. The summed E-state index contributed by atoms with van der Waals surface area (Å²) in [5, 5.41) is 3.36. The molecule has 0 unspecified atom stereocenters. The van der Waals surface area contributed by atoms with Gasteiger partial charge in [0.05, 0.1) is 10.6 Å². The molecular formula is C31H38ClN3O4S. The van der Waals surface area contributed by atoms with Crippen molar-refractivity contribution in [2.75, 3.05) is 10.8 Å².